The van der Waals surface area contributed by atoms with Gasteiger partial charge in [-0.05, 0) is 25.0 Å². The van der Waals surface area contributed by atoms with Crippen LogP contribution in [0.15, 0.2) is 30.3 Å². The third-order valence-electron chi connectivity index (χ3n) is 5.19. The van der Waals surface area contributed by atoms with Gasteiger partial charge in [0.25, 0.3) is 0 Å². The Morgan fingerprint density at radius 2 is 1.67 bits per heavy atom. The molecule has 1 aromatic carbocycles. The maximum Gasteiger partial charge on any atom is 0.339 e. The van der Waals surface area contributed by atoms with Crippen molar-refractivity contribution >= 4 is 11.8 Å². The Labute approximate surface area is 160 Å². The molecule has 2 heterocycles. The minimum absolute atomic E-state index is 0.0160. The third-order valence-corrected chi connectivity index (χ3v) is 5.19. The zero-order valence-electron chi connectivity index (χ0n) is 16.2. The summed E-state index contributed by atoms with van der Waals surface area (Å²) in [7, 11) is 1.35. The van der Waals surface area contributed by atoms with Crippen LogP contribution in [0.5, 0.6) is 0 Å². The Morgan fingerprint density at radius 1 is 1.04 bits per heavy atom. The van der Waals surface area contributed by atoms with Crippen molar-refractivity contribution in [2.75, 3.05) is 39.8 Å². The lowest BCUT2D eigenvalue weighted by atomic mass is 10.1. The number of nitrogens with one attached hydrogen (secondary N) is 1. The molecule has 0 aliphatic carbocycles. The highest BCUT2D eigenvalue weighted by atomic mass is 16.5. The number of rotatable bonds is 6. The van der Waals surface area contributed by atoms with Crippen LogP contribution in [-0.4, -0.2) is 66.4 Å². The van der Waals surface area contributed by atoms with E-state index in [1.165, 1.54) is 12.7 Å². The molecule has 2 aromatic rings. The first-order valence-corrected chi connectivity index (χ1v) is 9.29. The minimum atomic E-state index is -0.408. The Kier molecular flexibility index (Phi) is 6.08. The SMILES string of the molecule is COC(=O)c1c(C)[nH]c(C(=O)CN2CCN(Cc3ccccc3)CC2)c1C. The highest BCUT2D eigenvalue weighted by molar-refractivity contribution is 6.02. The molecule has 0 atom stereocenters. The van der Waals surface area contributed by atoms with Gasteiger partial charge in [-0.1, -0.05) is 30.3 Å². The number of hydrogen-bond acceptors (Lipinski definition) is 5. The van der Waals surface area contributed by atoms with Crippen molar-refractivity contribution in [2.45, 2.75) is 20.4 Å². The number of aromatic nitrogens is 1. The summed E-state index contributed by atoms with van der Waals surface area (Å²) in [6.07, 6.45) is 0. The number of ether oxygens (including phenoxy) is 1. The lowest BCUT2D eigenvalue weighted by molar-refractivity contribution is 0.0599. The first kappa shape index (κ1) is 19.3. The molecule has 0 saturated carbocycles. The molecule has 27 heavy (non-hydrogen) atoms. The fraction of sp³-hybridized carbons (Fsp3) is 0.429. The molecular formula is C21H27N3O3. The van der Waals surface area contributed by atoms with E-state index in [-0.39, 0.29) is 5.78 Å². The third kappa shape index (κ3) is 4.46. The molecule has 1 fully saturated rings. The lowest BCUT2D eigenvalue weighted by Gasteiger charge is -2.34. The molecule has 0 unspecified atom stereocenters. The summed E-state index contributed by atoms with van der Waals surface area (Å²) in [5.41, 5.74) is 3.64. The second kappa shape index (κ2) is 8.50. The zero-order chi connectivity index (χ0) is 19.4. The van der Waals surface area contributed by atoms with E-state index in [4.69, 9.17) is 4.74 Å². The van der Waals surface area contributed by atoms with E-state index < -0.39 is 5.97 Å². The Morgan fingerprint density at radius 3 is 2.30 bits per heavy atom. The predicted molar refractivity (Wildman–Crippen MR) is 104 cm³/mol. The summed E-state index contributed by atoms with van der Waals surface area (Å²) >= 11 is 0. The molecule has 1 N–H and O–H groups in total. The number of piperazine rings is 1. The van der Waals surface area contributed by atoms with Gasteiger partial charge in [0.1, 0.15) is 0 Å². The second-order valence-corrected chi connectivity index (χ2v) is 7.08. The molecule has 6 heteroatoms. The first-order valence-electron chi connectivity index (χ1n) is 9.29. The van der Waals surface area contributed by atoms with E-state index in [1.54, 1.807) is 13.8 Å². The average Bonchev–Trinajstić information content (AvgIpc) is 2.98. The quantitative estimate of drug-likeness (QED) is 0.626. The van der Waals surface area contributed by atoms with E-state index in [0.29, 0.717) is 29.1 Å². The van der Waals surface area contributed by atoms with Crippen LogP contribution in [0.4, 0.5) is 0 Å². The number of carbonyl (C=O) groups is 2. The monoisotopic (exact) mass is 369 g/mol. The summed E-state index contributed by atoms with van der Waals surface area (Å²) < 4.78 is 4.82. The van der Waals surface area contributed by atoms with Gasteiger partial charge >= 0.3 is 5.97 Å². The molecule has 1 aliphatic rings. The number of methoxy groups -OCH3 is 1. The van der Waals surface area contributed by atoms with Crippen LogP contribution in [-0.2, 0) is 11.3 Å². The standard InChI is InChI=1S/C21H27N3O3/c1-15-19(21(26)27-3)16(2)22-20(15)18(25)14-24-11-9-23(10-12-24)13-17-7-5-4-6-8-17/h4-8,22H,9-14H2,1-3H3. The maximum atomic E-state index is 12.7. The van der Waals surface area contributed by atoms with E-state index in [2.05, 4.69) is 39.0 Å². The van der Waals surface area contributed by atoms with Crippen LogP contribution in [0.2, 0.25) is 0 Å². The molecule has 1 saturated heterocycles. The molecule has 144 valence electrons. The largest absolute Gasteiger partial charge is 0.465 e. The van der Waals surface area contributed by atoms with Gasteiger partial charge in [0.2, 0.25) is 0 Å². The Balaban J connectivity index is 1.56. The number of Topliss-reactive ketones (excluding diaryl/α,β-unsaturated/α-hetero) is 1. The Hall–Kier alpha value is -2.44. The average molecular weight is 369 g/mol. The molecule has 0 spiro atoms. The van der Waals surface area contributed by atoms with Crippen molar-refractivity contribution in [1.29, 1.82) is 0 Å². The van der Waals surface area contributed by atoms with Gasteiger partial charge in [-0.3, -0.25) is 14.6 Å². The molecule has 1 aliphatic heterocycles. The van der Waals surface area contributed by atoms with Crippen molar-refractivity contribution in [1.82, 2.24) is 14.8 Å². The van der Waals surface area contributed by atoms with Crippen molar-refractivity contribution < 1.29 is 14.3 Å². The van der Waals surface area contributed by atoms with E-state index in [0.717, 1.165) is 32.7 Å². The van der Waals surface area contributed by atoms with Gasteiger partial charge in [0.15, 0.2) is 5.78 Å². The number of aromatic amines is 1. The van der Waals surface area contributed by atoms with E-state index in [9.17, 15) is 9.59 Å². The maximum absolute atomic E-state index is 12.7. The topological polar surface area (TPSA) is 65.6 Å². The van der Waals surface area contributed by atoms with Crippen molar-refractivity contribution in [3.8, 4) is 0 Å². The fourth-order valence-electron chi connectivity index (χ4n) is 3.67. The molecule has 0 amide bonds. The fourth-order valence-corrected chi connectivity index (χ4v) is 3.67. The number of esters is 1. The van der Waals surface area contributed by atoms with Crippen molar-refractivity contribution in [2.24, 2.45) is 0 Å². The predicted octanol–water partition coefficient (Wildman–Crippen LogP) is 2.42. The van der Waals surface area contributed by atoms with Crippen LogP contribution in [0, 0.1) is 13.8 Å². The summed E-state index contributed by atoms with van der Waals surface area (Å²) in [5.74, 6) is -0.392. The number of H-pyrrole nitrogens is 1. The van der Waals surface area contributed by atoms with Gasteiger partial charge in [0.05, 0.1) is 24.9 Å². The van der Waals surface area contributed by atoms with Crippen LogP contribution in [0.25, 0.3) is 0 Å². The van der Waals surface area contributed by atoms with Gasteiger partial charge in [-0.25, -0.2) is 4.79 Å². The number of carbonyl (C=O) groups excluding carboxylic acids is 2. The molecule has 6 nitrogen and oxygen atoms in total. The minimum Gasteiger partial charge on any atom is -0.465 e. The molecule has 0 bridgehead atoms. The molecule has 0 radical (unpaired) electrons. The number of nitrogens with zero attached hydrogens (tertiary/aromatic N) is 2. The normalized spacial score (nSPS) is 15.7. The molecular weight excluding hydrogens is 342 g/mol. The lowest BCUT2D eigenvalue weighted by Crippen LogP contribution is -2.47. The van der Waals surface area contributed by atoms with E-state index in [1.807, 2.05) is 6.07 Å². The van der Waals surface area contributed by atoms with Crippen LogP contribution in [0.3, 0.4) is 0 Å². The number of hydrogen-bond donors (Lipinski definition) is 1. The zero-order valence-corrected chi connectivity index (χ0v) is 16.2. The highest BCUT2D eigenvalue weighted by Crippen LogP contribution is 2.20. The molecule has 3 rings (SSSR count). The Bertz CT molecular complexity index is 806. The first-order chi connectivity index (χ1) is 13.0. The number of benzene rings is 1. The van der Waals surface area contributed by atoms with E-state index >= 15 is 0 Å². The van der Waals surface area contributed by atoms with Crippen LogP contribution < -0.4 is 0 Å². The van der Waals surface area contributed by atoms with Gasteiger partial charge in [-0.2, -0.15) is 0 Å². The summed E-state index contributed by atoms with van der Waals surface area (Å²) in [5, 5.41) is 0. The van der Waals surface area contributed by atoms with Gasteiger partial charge < -0.3 is 9.72 Å². The number of aryl methyl sites for hydroxylation is 1. The van der Waals surface area contributed by atoms with Crippen molar-refractivity contribution in [3.05, 3.63) is 58.4 Å². The second-order valence-electron chi connectivity index (χ2n) is 7.08. The van der Waals surface area contributed by atoms with Gasteiger partial charge in [0, 0.05) is 38.4 Å². The smallest absolute Gasteiger partial charge is 0.339 e. The van der Waals surface area contributed by atoms with Crippen molar-refractivity contribution in [3.63, 3.8) is 0 Å². The summed E-state index contributed by atoms with van der Waals surface area (Å²) in [4.78, 5) is 32.3. The summed E-state index contributed by atoms with van der Waals surface area (Å²) in [6.45, 7) is 8.50. The number of ketones is 1. The highest BCUT2D eigenvalue weighted by Gasteiger charge is 2.25. The summed E-state index contributed by atoms with van der Waals surface area (Å²) in [6, 6.07) is 10.4. The van der Waals surface area contributed by atoms with Crippen LogP contribution in [0.1, 0.15) is 37.7 Å². The molecule has 1 aromatic heterocycles. The van der Waals surface area contributed by atoms with Crippen LogP contribution >= 0.6 is 0 Å². The van der Waals surface area contributed by atoms with Gasteiger partial charge in [-0.15, -0.1) is 0 Å².